The molecule has 0 rings (SSSR count). The largest absolute Gasteiger partial charge is 0.462 e. The van der Waals surface area contributed by atoms with Gasteiger partial charge in [0.15, 0.2) is 6.10 Å². The highest BCUT2D eigenvalue weighted by Crippen LogP contribution is 2.13. The summed E-state index contributed by atoms with van der Waals surface area (Å²) in [6, 6.07) is 0. The van der Waals surface area contributed by atoms with Gasteiger partial charge in [0.05, 0.1) is 0 Å². The van der Waals surface area contributed by atoms with Crippen molar-refractivity contribution in [1.82, 2.24) is 0 Å². The molecule has 1 atom stereocenters. The molecule has 0 spiro atoms. The average Bonchev–Trinajstić information content (AvgIpc) is 3.34. The van der Waals surface area contributed by atoms with E-state index in [1.807, 2.05) is 0 Å². The van der Waals surface area contributed by atoms with Gasteiger partial charge in [-0.2, -0.15) is 0 Å². The molecule has 0 aromatic carbocycles. The molecule has 0 aliphatic rings. The Kier molecular flexibility index (Phi) is 52.4. The second kappa shape index (κ2) is 55.7. The highest BCUT2D eigenvalue weighted by molar-refractivity contribution is 5.71. The number of allylic oxidation sites excluding steroid dienone is 18. The fraction of sp³-hybridized carbons (Fsp3) is 0.661. The Morgan fingerprint density at radius 1 is 0.309 bits per heavy atom. The van der Waals surface area contributed by atoms with Gasteiger partial charge < -0.3 is 14.2 Å². The number of esters is 3. The van der Waals surface area contributed by atoms with Gasteiger partial charge in [-0.15, -0.1) is 0 Å². The lowest BCUT2D eigenvalue weighted by Gasteiger charge is -2.18. The number of unbranched alkanes of at least 4 members (excludes halogenated alkanes) is 20. The third-order valence-corrected chi connectivity index (χ3v) is 11.5. The number of rotatable bonds is 49. The summed E-state index contributed by atoms with van der Waals surface area (Å²) >= 11 is 0. The number of hydrogen-bond donors (Lipinski definition) is 0. The predicted molar refractivity (Wildman–Crippen MR) is 293 cm³/mol. The molecular weight excluding hydrogens is 841 g/mol. The molecule has 0 aromatic heterocycles. The van der Waals surface area contributed by atoms with E-state index in [0.29, 0.717) is 19.3 Å². The summed E-state index contributed by atoms with van der Waals surface area (Å²) in [5, 5.41) is 0. The molecule has 0 heterocycles. The van der Waals surface area contributed by atoms with E-state index in [-0.39, 0.29) is 37.5 Å². The minimum atomic E-state index is -0.818. The van der Waals surface area contributed by atoms with Crippen LogP contribution in [0.25, 0.3) is 0 Å². The molecule has 6 nitrogen and oxygen atoms in total. The maximum absolute atomic E-state index is 12.8. The molecule has 68 heavy (non-hydrogen) atoms. The minimum absolute atomic E-state index is 0.115. The molecule has 0 aliphatic carbocycles. The fourth-order valence-electron chi connectivity index (χ4n) is 7.30. The van der Waals surface area contributed by atoms with E-state index in [2.05, 4.69) is 130 Å². The van der Waals surface area contributed by atoms with E-state index in [1.165, 1.54) is 103 Å². The zero-order chi connectivity index (χ0) is 49.3. The van der Waals surface area contributed by atoms with Crippen LogP contribution >= 0.6 is 0 Å². The highest BCUT2D eigenvalue weighted by Gasteiger charge is 2.19. The molecule has 0 amide bonds. The molecule has 386 valence electrons. The maximum Gasteiger partial charge on any atom is 0.306 e. The lowest BCUT2D eigenvalue weighted by Crippen LogP contribution is -2.30. The zero-order valence-electron chi connectivity index (χ0n) is 44.1. The molecule has 0 saturated carbocycles. The van der Waals surface area contributed by atoms with E-state index in [4.69, 9.17) is 14.2 Å². The quantitative estimate of drug-likeness (QED) is 0.0262. The summed E-state index contributed by atoms with van der Waals surface area (Å²) < 4.78 is 16.8. The van der Waals surface area contributed by atoms with E-state index in [9.17, 15) is 14.4 Å². The van der Waals surface area contributed by atoms with Gasteiger partial charge in [-0.05, 0) is 122 Å². The van der Waals surface area contributed by atoms with Crippen LogP contribution in [-0.4, -0.2) is 37.2 Å². The monoisotopic (exact) mass is 943 g/mol. The van der Waals surface area contributed by atoms with Gasteiger partial charge in [-0.1, -0.05) is 214 Å². The molecule has 0 aliphatic heterocycles. The topological polar surface area (TPSA) is 78.9 Å². The standard InChI is InChI=1S/C62H102O6/c1-4-7-10-13-16-19-22-25-28-31-34-37-40-43-46-49-52-55-61(64)67-58-59(57-66-60(63)54-51-48-45-42-39-36-33-30-27-24-21-18-15-12-9-6-3)68-62(65)56-53-50-47-44-41-38-35-32-29-26-23-20-17-14-11-8-5-2/h9,12,16,18-19,21,25-30,34,36-37,39,43,46,59H,4-8,10-11,13-15,17,20,22-24,31-33,35,38,40-42,44-45,47-58H2,1-3H3/b12-9-,19-16-,21-18-,28-25-,29-26-,30-27-,37-34-,39-36-,46-43-. The first-order valence-electron chi connectivity index (χ1n) is 27.9. The first kappa shape index (κ1) is 64.1. The Labute approximate surface area is 419 Å². The van der Waals surface area contributed by atoms with E-state index in [1.54, 1.807) is 0 Å². The van der Waals surface area contributed by atoms with Gasteiger partial charge in [0.25, 0.3) is 0 Å². The van der Waals surface area contributed by atoms with Gasteiger partial charge >= 0.3 is 17.9 Å². The predicted octanol–water partition coefficient (Wildman–Crippen LogP) is 18.7. The van der Waals surface area contributed by atoms with Crippen molar-refractivity contribution in [2.45, 2.75) is 252 Å². The maximum atomic E-state index is 12.8. The van der Waals surface area contributed by atoms with Crippen molar-refractivity contribution >= 4 is 17.9 Å². The van der Waals surface area contributed by atoms with Crippen LogP contribution in [0.3, 0.4) is 0 Å². The summed E-state index contributed by atoms with van der Waals surface area (Å²) in [7, 11) is 0. The summed E-state index contributed by atoms with van der Waals surface area (Å²) in [5.41, 5.74) is 0. The third kappa shape index (κ3) is 53.0. The van der Waals surface area contributed by atoms with Crippen LogP contribution < -0.4 is 0 Å². The average molecular weight is 943 g/mol. The van der Waals surface area contributed by atoms with Gasteiger partial charge in [0.1, 0.15) is 13.2 Å². The molecule has 0 saturated heterocycles. The minimum Gasteiger partial charge on any atom is -0.462 e. The highest BCUT2D eigenvalue weighted by atomic mass is 16.6. The van der Waals surface area contributed by atoms with Gasteiger partial charge in [0, 0.05) is 19.3 Å². The van der Waals surface area contributed by atoms with Crippen LogP contribution in [0.5, 0.6) is 0 Å². The summed E-state index contributed by atoms with van der Waals surface area (Å²) in [4.78, 5) is 38.1. The number of hydrogen-bond acceptors (Lipinski definition) is 6. The van der Waals surface area contributed by atoms with Crippen molar-refractivity contribution in [3.05, 3.63) is 109 Å². The van der Waals surface area contributed by atoms with Crippen molar-refractivity contribution in [2.24, 2.45) is 0 Å². The summed E-state index contributed by atoms with van der Waals surface area (Å²) in [6.45, 7) is 6.41. The number of ether oxygens (including phenoxy) is 3. The second-order valence-electron chi connectivity index (χ2n) is 18.1. The molecular formula is C62H102O6. The smallest absolute Gasteiger partial charge is 0.306 e. The zero-order valence-corrected chi connectivity index (χ0v) is 44.1. The Balaban J connectivity index is 4.54. The van der Waals surface area contributed by atoms with Crippen molar-refractivity contribution in [2.75, 3.05) is 13.2 Å². The van der Waals surface area contributed by atoms with Crippen molar-refractivity contribution in [3.8, 4) is 0 Å². The van der Waals surface area contributed by atoms with Crippen LogP contribution in [0, 0.1) is 0 Å². The Hall–Kier alpha value is -3.93. The number of carbonyl (C=O) groups excluding carboxylic acids is 3. The van der Waals surface area contributed by atoms with E-state index in [0.717, 1.165) is 96.3 Å². The first-order valence-corrected chi connectivity index (χ1v) is 27.9. The molecule has 0 N–H and O–H groups in total. The molecule has 6 heteroatoms. The van der Waals surface area contributed by atoms with Gasteiger partial charge in [-0.25, -0.2) is 0 Å². The fourth-order valence-corrected chi connectivity index (χ4v) is 7.30. The summed E-state index contributed by atoms with van der Waals surface area (Å²) in [6.07, 6.45) is 75.1. The Morgan fingerprint density at radius 2 is 0.588 bits per heavy atom. The normalized spacial score (nSPS) is 12.9. The van der Waals surface area contributed by atoms with E-state index < -0.39 is 6.10 Å². The van der Waals surface area contributed by atoms with Gasteiger partial charge in [0.2, 0.25) is 0 Å². The SMILES string of the molecule is CC/C=C\C/C=C\C/C=C\C/C=C\CCCCCC(=O)OCC(COC(=O)CCC/C=C\C/C=C\C/C=C\C/C=C\CCCCC)OC(=O)CCCCCCCCC/C=C\CCCCCCCC. The number of carbonyl (C=O) groups is 3. The van der Waals surface area contributed by atoms with Crippen LogP contribution in [0.1, 0.15) is 245 Å². The molecule has 0 radical (unpaired) electrons. The van der Waals surface area contributed by atoms with Crippen molar-refractivity contribution < 1.29 is 28.6 Å². The van der Waals surface area contributed by atoms with Crippen molar-refractivity contribution in [1.29, 1.82) is 0 Å². The van der Waals surface area contributed by atoms with Crippen molar-refractivity contribution in [3.63, 3.8) is 0 Å². The van der Waals surface area contributed by atoms with Gasteiger partial charge in [-0.3, -0.25) is 14.4 Å². The van der Waals surface area contributed by atoms with Crippen LogP contribution in [0.4, 0.5) is 0 Å². The van der Waals surface area contributed by atoms with Crippen LogP contribution in [0.15, 0.2) is 109 Å². The molecule has 0 aromatic rings. The van der Waals surface area contributed by atoms with E-state index >= 15 is 0 Å². The van der Waals surface area contributed by atoms with Crippen LogP contribution in [0.2, 0.25) is 0 Å². The lowest BCUT2D eigenvalue weighted by atomic mass is 10.1. The molecule has 0 fully saturated rings. The Morgan fingerprint density at radius 3 is 1.01 bits per heavy atom. The molecule has 1 unspecified atom stereocenters. The first-order chi connectivity index (χ1) is 33.5. The lowest BCUT2D eigenvalue weighted by molar-refractivity contribution is -0.167. The summed E-state index contributed by atoms with van der Waals surface area (Å²) in [5.74, 6) is -1.01. The molecule has 0 bridgehead atoms. The third-order valence-electron chi connectivity index (χ3n) is 11.5. The second-order valence-corrected chi connectivity index (χ2v) is 18.1. The van der Waals surface area contributed by atoms with Crippen LogP contribution in [-0.2, 0) is 28.6 Å². The Bertz CT molecular complexity index is 1410.